The van der Waals surface area contributed by atoms with Crippen LogP contribution in [0.3, 0.4) is 0 Å². The highest BCUT2D eigenvalue weighted by atomic mass is 16.5. The van der Waals surface area contributed by atoms with Gasteiger partial charge in [0.25, 0.3) is 0 Å². The molecule has 0 bridgehead atoms. The summed E-state index contributed by atoms with van der Waals surface area (Å²) in [7, 11) is 3.45. The Bertz CT molecular complexity index is 686. The summed E-state index contributed by atoms with van der Waals surface area (Å²) in [5.74, 6) is 1.55. The molecule has 0 aliphatic rings. The summed E-state index contributed by atoms with van der Waals surface area (Å²) in [6.07, 6.45) is 3.67. The zero-order chi connectivity index (χ0) is 18.6. The number of pyridine rings is 1. The van der Waals surface area contributed by atoms with E-state index in [9.17, 15) is 0 Å². The highest BCUT2D eigenvalue weighted by molar-refractivity contribution is 5.93. The summed E-state index contributed by atoms with van der Waals surface area (Å²) in [5, 5.41) is 6.60. The third-order valence-corrected chi connectivity index (χ3v) is 3.76. The van der Waals surface area contributed by atoms with Gasteiger partial charge in [-0.3, -0.25) is 9.98 Å². The Kier molecular flexibility index (Phi) is 8.42. The Labute approximate surface area is 155 Å². The normalized spacial score (nSPS) is 11.3. The summed E-state index contributed by atoms with van der Waals surface area (Å²) in [5.41, 5.74) is 3.16. The summed E-state index contributed by atoms with van der Waals surface area (Å²) in [4.78, 5) is 8.58. The maximum absolute atomic E-state index is 5.73. The van der Waals surface area contributed by atoms with Gasteiger partial charge in [0, 0.05) is 57.4 Å². The number of benzene rings is 1. The fourth-order valence-electron chi connectivity index (χ4n) is 2.34. The number of aryl methyl sites for hydroxylation is 1. The van der Waals surface area contributed by atoms with E-state index in [0.717, 1.165) is 42.5 Å². The first-order valence-electron chi connectivity index (χ1n) is 8.82. The van der Waals surface area contributed by atoms with Crippen LogP contribution < -0.4 is 15.4 Å². The van der Waals surface area contributed by atoms with Gasteiger partial charge < -0.3 is 20.1 Å². The van der Waals surface area contributed by atoms with E-state index in [2.05, 4.69) is 26.7 Å². The van der Waals surface area contributed by atoms with Crippen LogP contribution in [-0.4, -0.2) is 44.9 Å². The van der Waals surface area contributed by atoms with Crippen molar-refractivity contribution in [1.29, 1.82) is 0 Å². The smallest absolute Gasteiger partial charge is 0.195 e. The second-order valence-corrected chi connectivity index (χ2v) is 5.90. The zero-order valence-corrected chi connectivity index (χ0v) is 15.8. The molecule has 0 saturated heterocycles. The Morgan fingerprint density at radius 1 is 1.19 bits per heavy atom. The number of hydrogen-bond donors (Lipinski definition) is 2. The first-order chi connectivity index (χ1) is 12.7. The summed E-state index contributed by atoms with van der Waals surface area (Å²) >= 11 is 0. The maximum atomic E-state index is 5.73. The molecular weight excluding hydrogens is 328 g/mol. The molecule has 0 unspecified atom stereocenters. The van der Waals surface area contributed by atoms with Crippen molar-refractivity contribution in [3.63, 3.8) is 0 Å². The summed E-state index contributed by atoms with van der Waals surface area (Å²) < 4.78 is 10.8. The lowest BCUT2D eigenvalue weighted by Crippen LogP contribution is -2.32. The van der Waals surface area contributed by atoms with Gasteiger partial charge in [-0.2, -0.15) is 0 Å². The molecule has 0 aliphatic heterocycles. The number of hydrogen-bond acceptors (Lipinski definition) is 4. The Hall–Kier alpha value is -2.60. The number of rotatable bonds is 9. The van der Waals surface area contributed by atoms with Gasteiger partial charge in [0.05, 0.1) is 6.61 Å². The Balaban J connectivity index is 1.80. The van der Waals surface area contributed by atoms with Crippen molar-refractivity contribution >= 4 is 11.6 Å². The van der Waals surface area contributed by atoms with E-state index < -0.39 is 0 Å². The summed E-state index contributed by atoms with van der Waals surface area (Å²) in [6.45, 7) is 4.10. The van der Waals surface area contributed by atoms with E-state index in [4.69, 9.17) is 9.47 Å². The quantitative estimate of drug-likeness (QED) is 0.411. The zero-order valence-electron chi connectivity index (χ0n) is 15.8. The molecule has 1 aromatic carbocycles. The van der Waals surface area contributed by atoms with Gasteiger partial charge in [-0.05, 0) is 37.1 Å². The monoisotopic (exact) mass is 356 g/mol. The standard InChI is InChI=1S/C20H28N4O2/c1-16-8-9-17(15-23-16)10-11-22-20(21-2)24-18-6-4-7-19(14-18)26-13-5-12-25-3/h4,6-9,14-15H,5,10-13H2,1-3H3,(H2,21,22,24). The number of nitrogens with zero attached hydrogens (tertiary/aromatic N) is 2. The summed E-state index contributed by atoms with van der Waals surface area (Å²) in [6, 6.07) is 12.0. The third-order valence-electron chi connectivity index (χ3n) is 3.76. The molecule has 6 heteroatoms. The molecule has 0 fully saturated rings. The van der Waals surface area contributed by atoms with Crippen LogP contribution in [-0.2, 0) is 11.2 Å². The van der Waals surface area contributed by atoms with Crippen LogP contribution >= 0.6 is 0 Å². The van der Waals surface area contributed by atoms with Crippen molar-refractivity contribution in [3.8, 4) is 5.75 Å². The van der Waals surface area contributed by atoms with E-state index >= 15 is 0 Å². The minimum absolute atomic E-state index is 0.634. The van der Waals surface area contributed by atoms with E-state index in [1.165, 1.54) is 5.56 Å². The van der Waals surface area contributed by atoms with Gasteiger partial charge in [0.1, 0.15) is 5.75 Å². The number of ether oxygens (including phenoxy) is 2. The molecule has 140 valence electrons. The highest BCUT2D eigenvalue weighted by Gasteiger charge is 2.02. The maximum Gasteiger partial charge on any atom is 0.195 e. The van der Waals surface area contributed by atoms with Gasteiger partial charge in [-0.1, -0.05) is 12.1 Å². The molecule has 0 atom stereocenters. The van der Waals surface area contributed by atoms with Crippen molar-refractivity contribution in [2.45, 2.75) is 19.8 Å². The molecule has 0 amide bonds. The fourth-order valence-corrected chi connectivity index (χ4v) is 2.34. The molecule has 1 heterocycles. The van der Waals surface area contributed by atoms with Gasteiger partial charge in [0.2, 0.25) is 0 Å². The topological polar surface area (TPSA) is 67.8 Å². The molecule has 2 aromatic rings. The van der Waals surface area contributed by atoms with E-state index in [0.29, 0.717) is 13.2 Å². The lowest BCUT2D eigenvalue weighted by molar-refractivity contribution is 0.172. The van der Waals surface area contributed by atoms with Crippen LogP contribution in [0, 0.1) is 6.92 Å². The molecule has 2 N–H and O–H groups in total. The Morgan fingerprint density at radius 2 is 2.08 bits per heavy atom. The SMILES string of the molecule is CN=C(NCCc1ccc(C)nc1)Nc1cccc(OCCCOC)c1. The lowest BCUT2D eigenvalue weighted by atomic mass is 10.2. The predicted octanol–water partition coefficient (Wildman–Crippen LogP) is 3.04. The fraction of sp³-hybridized carbons (Fsp3) is 0.400. The van der Waals surface area contributed by atoms with Crippen molar-refractivity contribution in [3.05, 3.63) is 53.9 Å². The van der Waals surface area contributed by atoms with Crippen LogP contribution in [0.2, 0.25) is 0 Å². The van der Waals surface area contributed by atoms with Gasteiger partial charge >= 0.3 is 0 Å². The van der Waals surface area contributed by atoms with Crippen molar-refractivity contribution in [1.82, 2.24) is 10.3 Å². The molecule has 1 aromatic heterocycles. The predicted molar refractivity (Wildman–Crippen MR) is 106 cm³/mol. The van der Waals surface area contributed by atoms with Crippen LogP contribution in [0.15, 0.2) is 47.6 Å². The number of aromatic nitrogens is 1. The molecule has 26 heavy (non-hydrogen) atoms. The van der Waals surface area contributed by atoms with Crippen molar-refractivity contribution in [2.24, 2.45) is 4.99 Å². The molecular formula is C20H28N4O2. The van der Waals surface area contributed by atoms with Crippen LogP contribution in [0.1, 0.15) is 17.7 Å². The van der Waals surface area contributed by atoms with Gasteiger partial charge in [0.15, 0.2) is 5.96 Å². The molecule has 0 aliphatic carbocycles. The highest BCUT2D eigenvalue weighted by Crippen LogP contribution is 2.17. The molecule has 0 saturated carbocycles. The molecule has 2 rings (SSSR count). The van der Waals surface area contributed by atoms with Crippen molar-refractivity contribution in [2.75, 3.05) is 39.2 Å². The third kappa shape index (κ3) is 7.11. The number of anilines is 1. The average Bonchev–Trinajstić information content (AvgIpc) is 2.66. The minimum atomic E-state index is 0.634. The van der Waals surface area contributed by atoms with Crippen LogP contribution in [0.4, 0.5) is 5.69 Å². The van der Waals surface area contributed by atoms with Gasteiger partial charge in [-0.15, -0.1) is 0 Å². The van der Waals surface area contributed by atoms with E-state index in [1.807, 2.05) is 43.5 Å². The molecule has 0 spiro atoms. The first kappa shape index (κ1) is 19.7. The van der Waals surface area contributed by atoms with Crippen LogP contribution in [0.25, 0.3) is 0 Å². The number of aliphatic imine (C=N–C) groups is 1. The Morgan fingerprint density at radius 3 is 2.81 bits per heavy atom. The number of guanidine groups is 1. The van der Waals surface area contributed by atoms with Gasteiger partial charge in [-0.25, -0.2) is 0 Å². The number of methoxy groups -OCH3 is 1. The van der Waals surface area contributed by atoms with E-state index in [1.54, 1.807) is 14.2 Å². The minimum Gasteiger partial charge on any atom is -0.493 e. The number of nitrogens with one attached hydrogen (secondary N) is 2. The molecule has 6 nitrogen and oxygen atoms in total. The van der Waals surface area contributed by atoms with Crippen LogP contribution in [0.5, 0.6) is 5.75 Å². The average molecular weight is 356 g/mol. The largest absolute Gasteiger partial charge is 0.493 e. The first-order valence-corrected chi connectivity index (χ1v) is 8.82. The van der Waals surface area contributed by atoms with Crippen molar-refractivity contribution < 1.29 is 9.47 Å². The lowest BCUT2D eigenvalue weighted by Gasteiger charge is -2.13. The second-order valence-electron chi connectivity index (χ2n) is 5.90. The second kappa shape index (κ2) is 11.1. The molecule has 0 radical (unpaired) electrons. The van der Waals surface area contributed by atoms with E-state index in [-0.39, 0.29) is 0 Å².